The minimum absolute atomic E-state index is 0.00359. The van der Waals surface area contributed by atoms with Crippen LogP contribution in [0.3, 0.4) is 0 Å². The van der Waals surface area contributed by atoms with Crippen LogP contribution in [-0.4, -0.2) is 33.8 Å². The highest BCUT2D eigenvalue weighted by Crippen LogP contribution is 2.46. The maximum absolute atomic E-state index is 13.2. The number of rotatable bonds is 3. The van der Waals surface area contributed by atoms with Crippen LogP contribution in [0.15, 0.2) is 48.5 Å². The fraction of sp³-hybridized carbons (Fsp3) is 0.286. The smallest absolute Gasteiger partial charge is 0.407 e. The van der Waals surface area contributed by atoms with Gasteiger partial charge in [-0.3, -0.25) is 4.79 Å². The van der Waals surface area contributed by atoms with E-state index in [0.717, 1.165) is 55.8 Å². The van der Waals surface area contributed by atoms with Crippen LogP contribution in [0, 0.1) is 5.92 Å². The van der Waals surface area contributed by atoms with Gasteiger partial charge in [-0.2, -0.15) is 0 Å². The summed E-state index contributed by atoms with van der Waals surface area (Å²) in [5, 5.41) is 10.3. The molecular formula is C28H26N4O3. The molecule has 0 saturated heterocycles. The van der Waals surface area contributed by atoms with Crippen LogP contribution < -0.4 is 10.6 Å². The molecule has 0 fully saturated rings. The normalized spacial score (nSPS) is 17.0. The quantitative estimate of drug-likeness (QED) is 0.397. The van der Waals surface area contributed by atoms with Crippen LogP contribution in [0.1, 0.15) is 29.8 Å². The minimum atomic E-state index is -0.387. The molecule has 1 unspecified atom stereocenters. The molecule has 4 heterocycles. The van der Waals surface area contributed by atoms with Crippen LogP contribution in [0.4, 0.5) is 4.79 Å². The average Bonchev–Trinajstić information content (AvgIpc) is 3.44. The minimum Gasteiger partial charge on any atom is -0.449 e. The third kappa shape index (κ3) is 2.78. The number of hydrogen-bond donors (Lipinski definition) is 2. The summed E-state index contributed by atoms with van der Waals surface area (Å²) >= 11 is 0. The first-order chi connectivity index (χ1) is 17.0. The van der Waals surface area contributed by atoms with E-state index < -0.39 is 0 Å². The van der Waals surface area contributed by atoms with Gasteiger partial charge in [0.05, 0.1) is 23.2 Å². The Kier molecular flexibility index (Phi) is 4.22. The Morgan fingerprint density at radius 1 is 1.00 bits per heavy atom. The molecule has 176 valence electrons. The molecule has 2 aliphatic rings. The van der Waals surface area contributed by atoms with Gasteiger partial charge in [0.2, 0.25) is 0 Å². The Balaban J connectivity index is 1.55. The second-order valence-corrected chi connectivity index (χ2v) is 10.0. The molecule has 2 N–H and O–H groups in total. The first kappa shape index (κ1) is 20.4. The molecule has 35 heavy (non-hydrogen) atoms. The summed E-state index contributed by atoms with van der Waals surface area (Å²) in [7, 11) is 0. The van der Waals surface area contributed by atoms with Gasteiger partial charge in [-0.1, -0.05) is 36.4 Å². The number of carbonyl (C=O) groups is 2. The van der Waals surface area contributed by atoms with E-state index in [4.69, 9.17) is 4.74 Å². The van der Waals surface area contributed by atoms with Gasteiger partial charge in [-0.25, -0.2) is 4.79 Å². The van der Waals surface area contributed by atoms with Gasteiger partial charge in [0.1, 0.15) is 0 Å². The number of benzene rings is 3. The number of fused-ring (bicyclic) bond motifs is 9. The number of nitrogens with zero attached hydrogens (tertiary/aromatic N) is 2. The van der Waals surface area contributed by atoms with E-state index in [0.29, 0.717) is 19.7 Å². The highest BCUT2D eigenvalue weighted by molar-refractivity contribution is 6.30. The molecule has 2 aliphatic heterocycles. The van der Waals surface area contributed by atoms with Crippen molar-refractivity contribution in [3.05, 3.63) is 59.7 Å². The average molecular weight is 467 g/mol. The molecule has 7 heteroatoms. The number of nitrogens with one attached hydrogen (secondary N) is 2. The predicted molar refractivity (Wildman–Crippen MR) is 137 cm³/mol. The van der Waals surface area contributed by atoms with Crippen molar-refractivity contribution in [1.82, 2.24) is 19.8 Å². The standard InChI is InChI=1S/C28H26N4O3/c1-15(2)30-28(34)35-14-16-12-31-20-9-5-3-7-17(20)22-19-11-29-27(33)24(19)23-18-8-4-6-10-21(18)32(13-16)26(23)25(22)31/h3-10,15-16H,11-14H2,1-2H3,(H,29,33)(H,30,34). The zero-order valence-electron chi connectivity index (χ0n) is 19.7. The van der Waals surface area contributed by atoms with Crippen LogP contribution in [0.25, 0.3) is 43.6 Å². The van der Waals surface area contributed by atoms with Gasteiger partial charge < -0.3 is 24.5 Å². The molecule has 5 aromatic rings. The largest absolute Gasteiger partial charge is 0.449 e. The highest BCUT2D eigenvalue weighted by Gasteiger charge is 2.34. The van der Waals surface area contributed by atoms with Gasteiger partial charge in [0, 0.05) is 64.2 Å². The number of amides is 2. The molecule has 0 radical (unpaired) electrons. The molecule has 1 atom stereocenters. The van der Waals surface area contributed by atoms with Crippen molar-refractivity contribution in [3.8, 4) is 0 Å². The summed E-state index contributed by atoms with van der Waals surface area (Å²) in [6, 6.07) is 16.8. The summed E-state index contributed by atoms with van der Waals surface area (Å²) in [5.41, 5.74) is 6.40. The number of alkyl carbamates (subject to hydrolysis) is 1. The SMILES string of the molecule is CC(C)NC(=O)OCC1Cn2c3ccccc3c3c4c(c5c6ccccc6n(c5c32)C1)C(=O)NC4. The van der Waals surface area contributed by atoms with Crippen molar-refractivity contribution in [3.63, 3.8) is 0 Å². The van der Waals surface area contributed by atoms with E-state index in [9.17, 15) is 9.59 Å². The Morgan fingerprint density at radius 3 is 2.26 bits per heavy atom. The molecule has 3 aromatic carbocycles. The Morgan fingerprint density at radius 2 is 1.60 bits per heavy atom. The molecule has 7 nitrogen and oxygen atoms in total. The van der Waals surface area contributed by atoms with Crippen molar-refractivity contribution in [2.45, 2.75) is 39.5 Å². The first-order valence-electron chi connectivity index (χ1n) is 12.2. The van der Waals surface area contributed by atoms with Crippen molar-refractivity contribution < 1.29 is 14.3 Å². The van der Waals surface area contributed by atoms with E-state index in [-0.39, 0.29) is 24.0 Å². The molecular weight excluding hydrogens is 440 g/mol. The zero-order chi connectivity index (χ0) is 23.8. The van der Waals surface area contributed by atoms with Gasteiger partial charge in [0.15, 0.2) is 0 Å². The Bertz CT molecular complexity index is 1710. The number of carbonyl (C=O) groups excluding carboxylic acids is 2. The second kappa shape index (κ2) is 7.25. The van der Waals surface area contributed by atoms with Gasteiger partial charge >= 0.3 is 6.09 Å². The third-order valence-electron chi connectivity index (χ3n) is 7.41. The fourth-order valence-electron chi connectivity index (χ4n) is 6.15. The lowest BCUT2D eigenvalue weighted by Crippen LogP contribution is -2.33. The van der Waals surface area contributed by atoms with Crippen LogP contribution in [-0.2, 0) is 24.4 Å². The Hall–Kier alpha value is -4.00. The number of hydrogen-bond acceptors (Lipinski definition) is 3. The van der Waals surface area contributed by atoms with E-state index in [1.165, 1.54) is 5.52 Å². The topological polar surface area (TPSA) is 77.3 Å². The summed E-state index contributed by atoms with van der Waals surface area (Å²) < 4.78 is 10.4. The molecule has 0 spiro atoms. The summed E-state index contributed by atoms with van der Waals surface area (Å²) in [5.74, 6) is 0.0677. The summed E-state index contributed by atoms with van der Waals surface area (Å²) in [4.78, 5) is 25.4. The number of ether oxygens (including phenoxy) is 1. The number of aromatic nitrogens is 2. The molecule has 0 aliphatic carbocycles. The molecule has 2 aromatic heterocycles. The summed E-state index contributed by atoms with van der Waals surface area (Å²) in [6.45, 7) is 6.12. The van der Waals surface area contributed by atoms with Gasteiger partial charge in [-0.15, -0.1) is 0 Å². The monoisotopic (exact) mass is 466 g/mol. The van der Waals surface area contributed by atoms with E-state index >= 15 is 0 Å². The number of para-hydroxylation sites is 2. The van der Waals surface area contributed by atoms with Crippen LogP contribution in [0.5, 0.6) is 0 Å². The lowest BCUT2D eigenvalue weighted by Gasteiger charge is -2.19. The van der Waals surface area contributed by atoms with E-state index in [2.05, 4.69) is 56.2 Å². The predicted octanol–water partition coefficient (Wildman–Crippen LogP) is 4.91. The van der Waals surface area contributed by atoms with Crippen molar-refractivity contribution >= 4 is 55.6 Å². The van der Waals surface area contributed by atoms with E-state index in [1.54, 1.807) is 0 Å². The highest BCUT2D eigenvalue weighted by atomic mass is 16.5. The van der Waals surface area contributed by atoms with Crippen molar-refractivity contribution in [1.29, 1.82) is 0 Å². The van der Waals surface area contributed by atoms with Crippen molar-refractivity contribution in [2.75, 3.05) is 6.61 Å². The molecule has 2 amide bonds. The van der Waals surface area contributed by atoms with E-state index in [1.807, 2.05) is 26.0 Å². The molecule has 0 saturated carbocycles. The Labute approximate surface area is 201 Å². The molecule has 0 bridgehead atoms. The lowest BCUT2D eigenvalue weighted by molar-refractivity contribution is 0.0967. The van der Waals surface area contributed by atoms with Crippen molar-refractivity contribution in [2.24, 2.45) is 5.92 Å². The fourth-order valence-corrected chi connectivity index (χ4v) is 6.15. The van der Waals surface area contributed by atoms with Gasteiger partial charge in [-0.05, 0) is 31.5 Å². The second-order valence-electron chi connectivity index (χ2n) is 10.0. The first-order valence-corrected chi connectivity index (χ1v) is 12.2. The maximum atomic E-state index is 13.2. The van der Waals surface area contributed by atoms with Crippen LogP contribution in [0.2, 0.25) is 0 Å². The lowest BCUT2D eigenvalue weighted by atomic mass is 9.97. The van der Waals surface area contributed by atoms with Gasteiger partial charge in [0.25, 0.3) is 5.91 Å². The zero-order valence-corrected chi connectivity index (χ0v) is 19.7. The van der Waals surface area contributed by atoms with Crippen LogP contribution >= 0.6 is 0 Å². The summed E-state index contributed by atoms with van der Waals surface area (Å²) in [6.07, 6.45) is -0.387. The third-order valence-corrected chi connectivity index (χ3v) is 7.41. The maximum Gasteiger partial charge on any atom is 0.407 e. The molecule has 7 rings (SSSR count).